The molecule has 1 N–H and O–H groups in total. The third kappa shape index (κ3) is 2.67. The monoisotopic (exact) mass is 266 g/mol. The summed E-state index contributed by atoms with van der Waals surface area (Å²) in [6.45, 7) is 0.980. The summed E-state index contributed by atoms with van der Waals surface area (Å²) in [5.74, 6) is -0.242. The normalized spacial score (nSPS) is 31.2. The molecule has 0 aromatic carbocycles. The molecule has 1 saturated carbocycles. The van der Waals surface area contributed by atoms with E-state index in [2.05, 4.69) is 5.32 Å². The van der Waals surface area contributed by atoms with Crippen LogP contribution in [0.4, 0.5) is 0 Å². The molecule has 3 rings (SSSR count). The molecule has 0 radical (unpaired) electrons. The van der Waals surface area contributed by atoms with Crippen LogP contribution in [0.15, 0.2) is 0 Å². The summed E-state index contributed by atoms with van der Waals surface area (Å²) in [5.41, 5.74) is 0.0586. The molecule has 1 spiro atoms. The second-order valence-corrected chi connectivity index (χ2v) is 6.02. The first-order valence-electron chi connectivity index (χ1n) is 7.40. The molecule has 3 aliphatic rings. The lowest BCUT2D eigenvalue weighted by Crippen LogP contribution is -2.54. The van der Waals surface area contributed by atoms with Crippen molar-refractivity contribution in [3.8, 4) is 0 Å². The minimum atomic E-state index is -0.121. The predicted octanol–water partition coefficient (Wildman–Crippen LogP) is 0.827. The van der Waals surface area contributed by atoms with E-state index in [0.29, 0.717) is 6.54 Å². The van der Waals surface area contributed by atoms with Crippen LogP contribution >= 0.6 is 0 Å². The summed E-state index contributed by atoms with van der Waals surface area (Å²) in [5, 5.41) is 2.81. The van der Waals surface area contributed by atoms with Crippen molar-refractivity contribution >= 4 is 11.8 Å². The third-order valence-electron chi connectivity index (χ3n) is 4.64. The highest BCUT2D eigenvalue weighted by Gasteiger charge is 2.42. The summed E-state index contributed by atoms with van der Waals surface area (Å²) in [7, 11) is 0. The molecule has 2 saturated heterocycles. The molecule has 0 bridgehead atoms. The van der Waals surface area contributed by atoms with E-state index in [-0.39, 0.29) is 36.6 Å². The molecule has 5 nitrogen and oxygen atoms in total. The lowest BCUT2D eigenvalue weighted by Gasteiger charge is -2.34. The van der Waals surface area contributed by atoms with Crippen LogP contribution in [0.1, 0.15) is 44.9 Å². The highest BCUT2D eigenvalue weighted by atomic mass is 16.5. The van der Waals surface area contributed by atoms with Crippen molar-refractivity contribution in [2.45, 2.75) is 56.7 Å². The fourth-order valence-electron chi connectivity index (χ4n) is 3.60. The van der Waals surface area contributed by atoms with Crippen LogP contribution in [0, 0.1) is 0 Å². The number of nitrogens with one attached hydrogen (secondary N) is 1. The average Bonchev–Trinajstić information content (AvgIpc) is 2.78. The number of carbonyl (C=O) groups is 2. The lowest BCUT2D eigenvalue weighted by atomic mass is 9.83. The van der Waals surface area contributed by atoms with Gasteiger partial charge < -0.3 is 4.74 Å². The van der Waals surface area contributed by atoms with Crippen LogP contribution in [0.5, 0.6) is 0 Å². The first-order valence-corrected chi connectivity index (χ1v) is 7.40. The fourth-order valence-corrected chi connectivity index (χ4v) is 3.60. The number of rotatable bonds is 2. The Kier molecular flexibility index (Phi) is 3.58. The zero-order valence-corrected chi connectivity index (χ0v) is 11.3. The van der Waals surface area contributed by atoms with Crippen molar-refractivity contribution in [2.75, 3.05) is 19.6 Å². The molecule has 1 unspecified atom stereocenters. The van der Waals surface area contributed by atoms with Crippen LogP contribution in [-0.4, -0.2) is 48.1 Å². The van der Waals surface area contributed by atoms with Gasteiger partial charge in [0, 0.05) is 0 Å². The summed E-state index contributed by atoms with van der Waals surface area (Å²) in [4.78, 5) is 24.9. The molecule has 0 aromatic heterocycles. The predicted molar refractivity (Wildman–Crippen MR) is 69.5 cm³/mol. The smallest absolute Gasteiger partial charge is 0.243 e. The highest BCUT2D eigenvalue weighted by molar-refractivity contribution is 5.99. The summed E-state index contributed by atoms with van der Waals surface area (Å²) < 4.78 is 6.22. The van der Waals surface area contributed by atoms with Gasteiger partial charge in [-0.25, -0.2) is 0 Å². The van der Waals surface area contributed by atoms with Crippen LogP contribution in [0.2, 0.25) is 0 Å². The molecule has 0 aromatic rings. The van der Waals surface area contributed by atoms with Gasteiger partial charge in [0.15, 0.2) is 0 Å². The van der Waals surface area contributed by atoms with E-state index >= 15 is 0 Å². The van der Waals surface area contributed by atoms with Gasteiger partial charge >= 0.3 is 0 Å². The number of hydrogen-bond acceptors (Lipinski definition) is 4. The van der Waals surface area contributed by atoms with Crippen molar-refractivity contribution in [3.63, 3.8) is 0 Å². The van der Waals surface area contributed by atoms with E-state index in [1.807, 2.05) is 0 Å². The highest BCUT2D eigenvalue weighted by Crippen LogP contribution is 2.42. The van der Waals surface area contributed by atoms with Gasteiger partial charge in [0.2, 0.25) is 11.8 Å². The number of ether oxygens (including phenoxy) is 1. The Labute approximate surface area is 113 Å². The van der Waals surface area contributed by atoms with Crippen molar-refractivity contribution in [1.82, 2.24) is 10.2 Å². The Morgan fingerprint density at radius 2 is 1.79 bits per heavy atom. The van der Waals surface area contributed by atoms with Crippen LogP contribution in [0.25, 0.3) is 0 Å². The maximum absolute atomic E-state index is 11.7. The molecule has 1 atom stereocenters. The van der Waals surface area contributed by atoms with Crippen molar-refractivity contribution in [3.05, 3.63) is 0 Å². The number of nitrogens with zero attached hydrogens (tertiary/aromatic N) is 1. The maximum atomic E-state index is 11.7. The second-order valence-electron chi connectivity index (χ2n) is 6.02. The first-order chi connectivity index (χ1) is 9.19. The maximum Gasteiger partial charge on any atom is 0.243 e. The molecule has 3 fully saturated rings. The Bertz CT molecular complexity index is 361. The van der Waals surface area contributed by atoms with Gasteiger partial charge in [-0.3, -0.25) is 19.8 Å². The molecule has 2 heterocycles. The van der Waals surface area contributed by atoms with Gasteiger partial charge in [-0.1, -0.05) is 19.3 Å². The van der Waals surface area contributed by atoms with Crippen molar-refractivity contribution in [2.24, 2.45) is 0 Å². The first kappa shape index (κ1) is 13.1. The van der Waals surface area contributed by atoms with E-state index in [1.54, 1.807) is 0 Å². The lowest BCUT2D eigenvalue weighted by molar-refractivity contribution is -0.150. The number of hydrogen-bond donors (Lipinski definition) is 1. The standard InChI is InChI=1S/C14H22N2O3/c17-12-8-15-9-13(18)16(12)10-11-4-7-14(19-11)5-2-1-3-6-14/h11,15H,1-10H2. The van der Waals surface area contributed by atoms with Gasteiger partial charge in [0.25, 0.3) is 0 Å². The molecule has 19 heavy (non-hydrogen) atoms. The van der Waals surface area contributed by atoms with Crippen LogP contribution in [-0.2, 0) is 14.3 Å². The van der Waals surface area contributed by atoms with E-state index in [0.717, 1.165) is 25.7 Å². The van der Waals surface area contributed by atoms with E-state index in [4.69, 9.17) is 4.74 Å². The van der Waals surface area contributed by atoms with E-state index < -0.39 is 0 Å². The second kappa shape index (κ2) is 5.21. The van der Waals surface area contributed by atoms with Gasteiger partial charge in [0.1, 0.15) is 0 Å². The molecular formula is C14H22N2O3. The number of imide groups is 1. The Hall–Kier alpha value is -0.940. The SMILES string of the molecule is O=C1CNCC(=O)N1CC1CCC2(CCCCC2)O1. The molecule has 106 valence electrons. The number of piperazine rings is 1. The Balaban J connectivity index is 1.59. The number of amides is 2. The molecular weight excluding hydrogens is 244 g/mol. The van der Waals surface area contributed by atoms with Crippen molar-refractivity contribution in [1.29, 1.82) is 0 Å². The quantitative estimate of drug-likeness (QED) is 0.752. The summed E-state index contributed by atoms with van der Waals surface area (Å²) >= 11 is 0. The molecule has 1 aliphatic carbocycles. The van der Waals surface area contributed by atoms with Crippen LogP contribution < -0.4 is 5.32 Å². The Morgan fingerprint density at radius 1 is 1.11 bits per heavy atom. The fraction of sp³-hybridized carbons (Fsp3) is 0.857. The van der Waals surface area contributed by atoms with E-state index in [9.17, 15) is 9.59 Å². The topological polar surface area (TPSA) is 58.6 Å². The molecule has 2 aliphatic heterocycles. The Morgan fingerprint density at radius 3 is 2.47 bits per heavy atom. The zero-order chi connectivity index (χ0) is 13.3. The minimum absolute atomic E-state index is 0.0455. The van der Waals surface area contributed by atoms with Crippen LogP contribution in [0.3, 0.4) is 0 Å². The van der Waals surface area contributed by atoms with Gasteiger partial charge in [-0.15, -0.1) is 0 Å². The van der Waals surface area contributed by atoms with Gasteiger partial charge in [-0.2, -0.15) is 0 Å². The largest absolute Gasteiger partial charge is 0.370 e. The number of carbonyl (C=O) groups excluding carboxylic acids is 2. The third-order valence-corrected chi connectivity index (χ3v) is 4.64. The van der Waals surface area contributed by atoms with Gasteiger partial charge in [-0.05, 0) is 25.7 Å². The van der Waals surface area contributed by atoms with E-state index in [1.165, 1.54) is 24.2 Å². The van der Waals surface area contributed by atoms with Crippen molar-refractivity contribution < 1.29 is 14.3 Å². The van der Waals surface area contributed by atoms with Gasteiger partial charge in [0.05, 0.1) is 31.3 Å². The molecule has 5 heteroatoms. The minimum Gasteiger partial charge on any atom is -0.370 e. The molecule has 2 amide bonds. The summed E-state index contributed by atoms with van der Waals surface area (Å²) in [6.07, 6.45) is 8.21. The average molecular weight is 266 g/mol. The summed E-state index contributed by atoms with van der Waals surface area (Å²) in [6, 6.07) is 0. The zero-order valence-electron chi connectivity index (χ0n) is 11.3.